The number of halogens is 1. The first-order valence-electron chi connectivity index (χ1n) is 6.05. The van der Waals surface area contributed by atoms with Crippen molar-refractivity contribution in [2.45, 2.75) is 0 Å². The monoisotopic (exact) mass is 392 g/mol. The molecule has 1 aromatic heterocycles. The van der Waals surface area contributed by atoms with Gasteiger partial charge in [0.05, 0.1) is 10.4 Å². The second-order valence-electron chi connectivity index (χ2n) is 4.32. The number of nitrogens with zero attached hydrogens (tertiary/aromatic N) is 3. The molecule has 0 radical (unpaired) electrons. The lowest BCUT2D eigenvalue weighted by Gasteiger charge is -2.08. The molecular formula is C14H9IN4O2. The van der Waals surface area contributed by atoms with Gasteiger partial charge in [0.1, 0.15) is 12.1 Å². The summed E-state index contributed by atoms with van der Waals surface area (Å²) < 4.78 is 1.10. The number of non-ortho nitro benzene ring substituents is 1. The van der Waals surface area contributed by atoms with E-state index in [1.807, 2.05) is 24.3 Å². The molecule has 21 heavy (non-hydrogen) atoms. The van der Waals surface area contributed by atoms with Crippen molar-refractivity contribution in [3.05, 3.63) is 62.5 Å². The summed E-state index contributed by atoms with van der Waals surface area (Å²) in [4.78, 5) is 18.7. The van der Waals surface area contributed by atoms with Crippen molar-refractivity contribution >= 4 is 50.7 Å². The third-order valence-electron chi connectivity index (χ3n) is 2.92. The van der Waals surface area contributed by atoms with Gasteiger partial charge in [0, 0.05) is 26.8 Å². The zero-order chi connectivity index (χ0) is 14.8. The number of hydrogen-bond acceptors (Lipinski definition) is 5. The van der Waals surface area contributed by atoms with E-state index >= 15 is 0 Å². The summed E-state index contributed by atoms with van der Waals surface area (Å²) in [6.07, 6.45) is 1.39. The molecule has 0 atom stereocenters. The molecule has 0 fully saturated rings. The highest BCUT2D eigenvalue weighted by Gasteiger charge is 2.10. The first kappa shape index (κ1) is 13.7. The van der Waals surface area contributed by atoms with Gasteiger partial charge in [-0.1, -0.05) is 6.07 Å². The minimum absolute atomic E-state index is 0.0152. The number of hydrogen-bond donors (Lipinski definition) is 1. The number of nitro groups is 1. The van der Waals surface area contributed by atoms with Gasteiger partial charge in [-0.05, 0) is 46.9 Å². The molecule has 1 N–H and O–H groups in total. The average Bonchev–Trinajstić information content (AvgIpc) is 2.47. The van der Waals surface area contributed by atoms with Crippen molar-refractivity contribution in [1.82, 2.24) is 9.97 Å². The minimum Gasteiger partial charge on any atom is -0.340 e. The van der Waals surface area contributed by atoms with Gasteiger partial charge in [0.25, 0.3) is 5.69 Å². The highest BCUT2D eigenvalue weighted by Crippen LogP contribution is 2.26. The number of fused-ring (bicyclic) bond motifs is 1. The molecule has 0 aliphatic heterocycles. The fourth-order valence-electron chi connectivity index (χ4n) is 1.96. The fraction of sp³-hybridized carbons (Fsp3) is 0. The molecule has 0 saturated carbocycles. The number of nitrogens with one attached hydrogen (secondary N) is 1. The molecule has 0 amide bonds. The first-order chi connectivity index (χ1) is 10.1. The second kappa shape index (κ2) is 5.60. The molecule has 3 aromatic rings. The van der Waals surface area contributed by atoms with Gasteiger partial charge in [-0.15, -0.1) is 0 Å². The van der Waals surface area contributed by atoms with Gasteiger partial charge in [0.15, 0.2) is 0 Å². The zero-order valence-corrected chi connectivity index (χ0v) is 12.8. The molecule has 2 aromatic carbocycles. The van der Waals surface area contributed by atoms with E-state index in [1.54, 1.807) is 6.07 Å². The Labute approximate surface area is 133 Å². The highest BCUT2D eigenvalue weighted by molar-refractivity contribution is 14.1. The molecule has 0 spiro atoms. The maximum atomic E-state index is 10.8. The quantitative estimate of drug-likeness (QED) is 0.416. The van der Waals surface area contributed by atoms with Gasteiger partial charge in [-0.3, -0.25) is 10.1 Å². The maximum Gasteiger partial charge on any atom is 0.271 e. The standard InChI is InChI=1S/C14H9IN4O2/c15-9-2-1-3-10(6-9)18-14-12-5-4-11(19(20)21)7-13(12)16-8-17-14/h1-8H,(H,16,17,18). The predicted octanol–water partition coefficient (Wildman–Crippen LogP) is 3.89. The Kier molecular flexibility index (Phi) is 3.65. The van der Waals surface area contributed by atoms with Crippen LogP contribution in [0.1, 0.15) is 0 Å². The SMILES string of the molecule is O=[N+]([O-])c1ccc2c(Nc3cccc(I)c3)ncnc2c1. The first-order valence-corrected chi connectivity index (χ1v) is 7.13. The van der Waals surface area contributed by atoms with Crippen LogP contribution < -0.4 is 5.32 Å². The van der Waals surface area contributed by atoms with E-state index in [9.17, 15) is 10.1 Å². The lowest BCUT2D eigenvalue weighted by molar-refractivity contribution is -0.384. The fourth-order valence-corrected chi connectivity index (χ4v) is 2.50. The van der Waals surface area contributed by atoms with E-state index in [4.69, 9.17) is 0 Å². The van der Waals surface area contributed by atoms with Crippen molar-refractivity contribution in [1.29, 1.82) is 0 Å². The summed E-state index contributed by atoms with van der Waals surface area (Å²) in [5, 5.41) is 14.8. The summed E-state index contributed by atoms with van der Waals surface area (Å²) in [5.41, 5.74) is 1.45. The molecule has 7 heteroatoms. The minimum atomic E-state index is -0.436. The van der Waals surface area contributed by atoms with Gasteiger partial charge < -0.3 is 5.32 Å². The average molecular weight is 392 g/mol. The van der Waals surface area contributed by atoms with Crippen LogP contribution >= 0.6 is 22.6 Å². The van der Waals surface area contributed by atoms with Crippen molar-refractivity contribution in [2.24, 2.45) is 0 Å². The van der Waals surface area contributed by atoms with Crippen LogP contribution in [0, 0.1) is 13.7 Å². The third kappa shape index (κ3) is 2.92. The van der Waals surface area contributed by atoms with E-state index in [0.717, 1.165) is 14.6 Å². The predicted molar refractivity (Wildman–Crippen MR) is 88.6 cm³/mol. The Hall–Kier alpha value is -2.29. The Morgan fingerprint density at radius 3 is 2.76 bits per heavy atom. The molecule has 0 aliphatic rings. The molecule has 104 valence electrons. The molecule has 1 heterocycles. The van der Waals surface area contributed by atoms with Crippen LogP contribution in [-0.2, 0) is 0 Å². The molecule has 0 unspecified atom stereocenters. The van der Waals surface area contributed by atoms with Gasteiger partial charge >= 0.3 is 0 Å². The summed E-state index contributed by atoms with van der Waals surface area (Å²) in [5.74, 6) is 0.622. The van der Waals surface area contributed by atoms with E-state index in [1.165, 1.54) is 18.5 Å². The van der Waals surface area contributed by atoms with Crippen LogP contribution in [-0.4, -0.2) is 14.9 Å². The van der Waals surface area contributed by atoms with Crippen molar-refractivity contribution in [3.63, 3.8) is 0 Å². The number of rotatable bonds is 3. The molecular weight excluding hydrogens is 383 g/mol. The van der Waals surface area contributed by atoms with Crippen LogP contribution in [0.25, 0.3) is 10.9 Å². The molecule has 0 aliphatic carbocycles. The van der Waals surface area contributed by atoms with E-state index in [2.05, 4.69) is 37.9 Å². The number of nitro benzene ring substituents is 1. The summed E-state index contributed by atoms with van der Waals surface area (Å²) in [6.45, 7) is 0. The van der Waals surface area contributed by atoms with E-state index in [0.29, 0.717) is 11.3 Å². The Bertz CT molecular complexity index is 838. The van der Waals surface area contributed by atoms with Crippen LogP contribution in [0.2, 0.25) is 0 Å². The van der Waals surface area contributed by atoms with Crippen molar-refractivity contribution in [2.75, 3.05) is 5.32 Å². The zero-order valence-electron chi connectivity index (χ0n) is 10.7. The molecule has 6 nitrogen and oxygen atoms in total. The summed E-state index contributed by atoms with van der Waals surface area (Å²) >= 11 is 2.23. The van der Waals surface area contributed by atoms with Gasteiger partial charge in [-0.2, -0.15) is 0 Å². The number of benzene rings is 2. The van der Waals surface area contributed by atoms with Crippen LogP contribution in [0.15, 0.2) is 48.8 Å². The molecule has 3 rings (SSSR count). The number of anilines is 2. The summed E-state index contributed by atoms with van der Waals surface area (Å²) in [7, 11) is 0. The lowest BCUT2D eigenvalue weighted by Crippen LogP contribution is -1.97. The maximum absolute atomic E-state index is 10.8. The van der Waals surface area contributed by atoms with E-state index in [-0.39, 0.29) is 5.69 Å². The van der Waals surface area contributed by atoms with Gasteiger partial charge in [-0.25, -0.2) is 9.97 Å². The Balaban J connectivity index is 2.05. The van der Waals surface area contributed by atoms with Crippen LogP contribution in [0.5, 0.6) is 0 Å². The van der Waals surface area contributed by atoms with Crippen molar-refractivity contribution < 1.29 is 4.92 Å². The van der Waals surface area contributed by atoms with Crippen LogP contribution in [0.4, 0.5) is 17.2 Å². The smallest absolute Gasteiger partial charge is 0.271 e. The van der Waals surface area contributed by atoms with Gasteiger partial charge in [0.2, 0.25) is 0 Å². The Morgan fingerprint density at radius 1 is 1.14 bits per heavy atom. The molecule has 0 bridgehead atoms. The lowest BCUT2D eigenvalue weighted by atomic mass is 10.2. The largest absolute Gasteiger partial charge is 0.340 e. The molecule has 0 saturated heterocycles. The summed E-state index contributed by atoms with van der Waals surface area (Å²) in [6, 6.07) is 12.4. The second-order valence-corrected chi connectivity index (χ2v) is 5.56. The number of aromatic nitrogens is 2. The topological polar surface area (TPSA) is 81.0 Å². The normalized spacial score (nSPS) is 10.5. The Morgan fingerprint density at radius 2 is 2.00 bits per heavy atom. The highest BCUT2D eigenvalue weighted by atomic mass is 127. The third-order valence-corrected chi connectivity index (χ3v) is 3.59. The van der Waals surface area contributed by atoms with E-state index < -0.39 is 4.92 Å². The van der Waals surface area contributed by atoms with Crippen LogP contribution in [0.3, 0.4) is 0 Å². The van der Waals surface area contributed by atoms with Crippen molar-refractivity contribution in [3.8, 4) is 0 Å².